The predicted octanol–water partition coefficient (Wildman–Crippen LogP) is 1.70. The van der Waals surface area contributed by atoms with E-state index in [1.54, 1.807) is 25.1 Å². The minimum absolute atomic E-state index is 0.0729. The van der Waals surface area contributed by atoms with Gasteiger partial charge < -0.3 is 5.73 Å². The summed E-state index contributed by atoms with van der Waals surface area (Å²) in [4.78, 5) is 0. The third-order valence-corrected chi connectivity index (χ3v) is 4.48. The lowest BCUT2D eigenvalue weighted by Gasteiger charge is -2.16. The van der Waals surface area contributed by atoms with Gasteiger partial charge in [0.05, 0.1) is 5.75 Å². The predicted molar refractivity (Wildman–Crippen MR) is 66.8 cm³/mol. The van der Waals surface area contributed by atoms with Crippen LogP contribution in [0.4, 0.5) is 5.69 Å². The zero-order chi connectivity index (χ0) is 12.3. The van der Waals surface area contributed by atoms with Crippen LogP contribution >= 0.6 is 11.6 Å². The van der Waals surface area contributed by atoms with Gasteiger partial charge in [-0.05, 0) is 30.7 Å². The van der Waals surface area contributed by atoms with Crippen LogP contribution in [0.25, 0.3) is 0 Å². The standard InChI is InChI=1S/C10H15ClN2O2S/c1-3-16(14,15)13(2)7-8-6-9(12)4-5-10(8)11/h4-6H,3,7,12H2,1-2H3. The maximum absolute atomic E-state index is 11.6. The summed E-state index contributed by atoms with van der Waals surface area (Å²) in [6.45, 7) is 1.84. The van der Waals surface area contributed by atoms with E-state index in [-0.39, 0.29) is 12.3 Å². The Balaban J connectivity index is 2.93. The molecule has 0 aromatic heterocycles. The number of hydrogen-bond acceptors (Lipinski definition) is 3. The lowest BCUT2D eigenvalue weighted by molar-refractivity contribution is 0.468. The first-order valence-electron chi connectivity index (χ1n) is 4.84. The minimum atomic E-state index is -3.19. The smallest absolute Gasteiger partial charge is 0.213 e. The normalized spacial score (nSPS) is 12.0. The van der Waals surface area contributed by atoms with Crippen LogP contribution in [0.3, 0.4) is 0 Å². The number of anilines is 1. The number of hydrogen-bond donors (Lipinski definition) is 1. The molecule has 0 atom stereocenters. The lowest BCUT2D eigenvalue weighted by atomic mass is 10.2. The topological polar surface area (TPSA) is 63.4 Å². The third-order valence-electron chi connectivity index (χ3n) is 2.30. The first-order chi connectivity index (χ1) is 7.36. The summed E-state index contributed by atoms with van der Waals surface area (Å²) in [5.41, 5.74) is 6.90. The van der Waals surface area contributed by atoms with Crippen LogP contribution in [0.5, 0.6) is 0 Å². The van der Waals surface area contributed by atoms with Crippen LogP contribution in [0.2, 0.25) is 5.02 Å². The molecule has 0 aliphatic heterocycles. The fourth-order valence-electron chi connectivity index (χ4n) is 1.27. The monoisotopic (exact) mass is 262 g/mol. The Bertz CT molecular complexity index is 474. The van der Waals surface area contributed by atoms with Gasteiger partial charge in [0, 0.05) is 24.3 Å². The molecule has 0 saturated heterocycles. The summed E-state index contributed by atoms with van der Waals surface area (Å²) >= 11 is 5.96. The van der Waals surface area contributed by atoms with Crippen LogP contribution in [0, 0.1) is 0 Å². The lowest BCUT2D eigenvalue weighted by Crippen LogP contribution is -2.27. The van der Waals surface area contributed by atoms with Crippen molar-refractivity contribution >= 4 is 27.3 Å². The van der Waals surface area contributed by atoms with Crippen molar-refractivity contribution in [2.45, 2.75) is 13.5 Å². The molecule has 4 nitrogen and oxygen atoms in total. The maximum Gasteiger partial charge on any atom is 0.213 e. The highest BCUT2D eigenvalue weighted by atomic mass is 35.5. The molecule has 1 rings (SSSR count). The van der Waals surface area contributed by atoms with Crippen LogP contribution in [0.1, 0.15) is 12.5 Å². The molecular formula is C10H15ClN2O2S. The summed E-state index contributed by atoms with van der Waals surface area (Å²) in [7, 11) is -1.67. The second-order valence-corrected chi connectivity index (χ2v) is 6.28. The van der Waals surface area contributed by atoms with Crippen molar-refractivity contribution in [3.05, 3.63) is 28.8 Å². The molecule has 0 aliphatic carbocycles. The Morgan fingerprint density at radius 2 is 2.06 bits per heavy atom. The van der Waals surface area contributed by atoms with E-state index < -0.39 is 10.0 Å². The fourth-order valence-corrected chi connectivity index (χ4v) is 2.23. The highest BCUT2D eigenvalue weighted by Gasteiger charge is 2.16. The number of benzene rings is 1. The summed E-state index contributed by atoms with van der Waals surface area (Å²) in [6.07, 6.45) is 0. The van der Waals surface area contributed by atoms with Gasteiger partial charge in [0.25, 0.3) is 0 Å². The van der Waals surface area contributed by atoms with Crippen LogP contribution < -0.4 is 5.73 Å². The van der Waals surface area contributed by atoms with Crippen molar-refractivity contribution in [3.63, 3.8) is 0 Å². The first kappa shape index (κ1) is 13.3. The van der Waals surface area contributed by atoms with Crippen molar-refractivity contribution in [2.75, 3.05) is 18.5 Å². The van der Waals surface area contributed by atoms with E-state index in [9.17, 15) is 8.42 Å². The average molecular weight is 263 g/mol. The van der Waals surface area contributed by atoms with Crippen molar-refractivity contribution in [2.24, 2.45) is 0 Å². The molecule has 90 valence electrons. The molecular weight excluding hydrogens is 248 g/mol. The molecule has 16 heavy (non-hydrogen) atoms. The molecule has 0 radical (unpaired) electrons. The average Bonchev–Trinajstić information content (AvgIpc) is 2.23. The number of nitrogens with two attached hydrogens (primary N) is 1. The van der Waals surface area contributed by atoms with E-state index in [1.165, 1.54) is 11.4 Å². The largest absolute Gasteiger partial charge is 0.399 e. The molecule has 1 aromatic rings. The number of nitrogen functional groups attached to an aromatic ring is 1. The molecule has 0 aliphatic rings. The van der Waals surface area contributed by atoms with E-state index in [4.69, 9.17) is 17.3 Å². The Hall–Kier alpha value is -0.780. The molecule has 0 heterocycles. The molecule has 2 N–H and O–H groups in total. The van der Waals surface area contributed by atoms with E-state index in [2.05, 4.69) is 0 Å². The van der Waals surface area contributed by atoms with Crippen molar-refractivity contribution < 1.29 is 8.42 Å². The van der Waals surface area contributed by atoms with E-state index in [1.807, 2.05) is 0 Å². The number of rotatable bonds is 4. The molecule has 1 aromatic carbocycles. The van der Waals surface area contributed by atoms with Crippen LogP contribution in [-0.2, 0) is 16.6 Å². The third kappa shape index (κ3) is 3.10. The van der Waals surface area contributed by atoms with Crippen LogP contribution in [-0.4, -0.2) is 25.5 Å². The Morgan fingerprint density at radius 3 is 2.62 bits per heavy atom. The summed E-state index contributed by atoms with van der Waals surface area (Å²) in [5, 5.41) is 0.521. The van der Waals surface area contributed by atoms with Gasteiger partial charge in [-0.25, -0.2) is 12.7 Å². The summed E-state index contributed by atoms with van der Waals surface area (Å²) in [5.74, 6) is 0.0729. The second kappa shape index (κ2) is 5.03. The minimum Gasteiger partial charge on any atom is -0.399 e. The molecule has 0 spiro atoms. The molecule has 6 heteroatoms. The second-order valence-electron chi connectivity index (χ2n) is 3.51. The number of nitrogens with zero attached hydrogens (tertiary/aromatic N) is 1. The maximum atomic E-state index is 11.6. The fraction of sp³-hybridized carbons (Fsp3) is 0.400. The van der Waals surface area contributed by atoms with E-state index >= 15 is 0 Å². The van der Waals surface area contributed by atoms with Crippen molar-refractivity contribution in [1.29, 1.82) is 0 Å². The van der Waals surface area contributed by atoms with Gasteiger partial charge in [-0.15, -0.1) is 0 Å². The Labute approximate surface area is 101 Å². The quantitative estimate of drug-likeness (QED) is 0.840. The first-order valence-corrected chi connectivity index (χ1v) is 6.83. The molecule has 0 fully saturated rings. The highest BCUT2D eigenvalue weighted by molar-refractivity contribution is 7.89. The highest BCUT2D eigenvalue weighted by Crippen LogP contribution is 2.21. The Morgan fingerprint density at radius 1 is 1.44 bits per heavy atom. The van der Waals surface area contributed by atoms with Gasteiger partial charge in [0.1, 0.15) is 0 Å². The van der Waals surface area contributed by atoms with E-state index in [0.717, 1.165) is 0 Å². The van der Waals surface area contributed by atoms with Gasteiger partial charge in [0.15, 0.2) is 0 Å². The molecule has 0 saturated carbocycles. The van der Waals surface area contributed by atoms with Gasteiger partial charge in [-0.1, -0.05) is 11.6 Å². The zero-order valence-electron chi connectivity index (χ0n) is 9.27. The van der Waals surface area contributed by atoms with Gasteiger partial charge in [-0.2, -0.15) is 0 Å². The van der Waals surface area contributed by atoms with Gasteiger partial charge >= 0.3 is 0 Å². The molecule has 0 bridgehead atoms. The van der Waals surface area contributed by atoms with Gasteiger partial charge in [-0.3, -0.25) is 0 Å². The molecule has 0 amide bonds. The number of halogens is 1. The van der Waals surface area contributed by atoms with E-state index in [0.29, 0.717) is 16.3 Å². The summed E-state index contributed by atoms with van der Waals surface area (Å²) < 4.78 is 24.4. The number of sulfonamides is 1. The van der Waals surface area contributed by atoms with Gasteiger partial charge in [0.2, 0.25) is 10.0 Å². The van der Waals surface area contributed by atoms with Crippen molar-refractivity contribution in [3.8, 4) is 0 Å². The molecule has 0 unspecified atom stereocenters. The Kier molecular flexibility index (Phi) is 4.18. The SMILES string of the molecule is CCS(=O)(=O)N(C)Cc1cc(N)ccc1Cl. The zero-order valence-corrected chi connectivity index (χ0v) is 10.8. The van der Waals surface area contributed by atoms with Crippen LogP contribution in [0.15, 0.2) is 18.2 Å². The van der Waals surface area contributed by atoms with Crippen molar-refractivity contribution in [1.82, 2.24) is 4.31 Å². The summed E-state index contributed by atoms with van der Waals surface area (Å²) in [6, 6.07) is 5.03.